The van der Waals surface area contributed by atoms with Gasteiger partial charge in [0.2, 0.25) is 5.91 Å². The van der Waals surface area contributed by atoms with Crippen molar-refractivity contribution in [3.05, 3.63) is 11.6 Å². The normalized spacial score (nSPS) is 18.1. The molecule has 0 radical (unpaired) electrons. The fourth-order valence-electron chi connectivity index (χ4n) is 1.89. The molecule has 1 fully saturated rings. The number of allylic oxidation sites excluding steroid dienone is 1. The summed E-state index contributed by atoms with van der Waals surface area (Å²) in [6, 6.07) is 0. The summed E-state index contributed by atoms with van der Waals surface area (Å²) in [5.74, 6) is 0.117. The molecule has 0 aromatic heterocycles. The molecule has 1 heterocycles. The van der Waals surface area contributed by atoms with Gasteiger partial charge in [0.25, 0.3) is 0 Å². The Hall–Kier alpha value is -0.870. The summed E-state index contributed by atoms with van der Waals surface area (Å²) in [5, 5.41) is 8.87. The summed E-state index contributed by atoms with van der Waals surface area (Å²) < 4.78 is 0. The highest BCUT2D eigenvalue weighted by molar-refractivity contribution is 5.88. The molecule has 1 N–H and O–H groups in total. The maximum Gasteiger partial charge on any atom is 0.246 e. The number of hydrogen-bond acceptors (Lipinski definition) is 3. The molecular formula is C12H22N2O2. The standard InChI is InChI=1S/C12H22N2O2/c1-11(2)10-12(16)14-5-3-4-13(6-7-14)8-9-15/h10,15H,3-9H2,1-2H3. The van der Waals surface area contributed by atoms with Gasteiger partial charge >= 0.3 is 0 Å². The number of aliphatic hydroxyl groups is 1. The summed E-state index contributed by atoms with van der Waals surface area (Å²) in [5.41, 5.74) is 1.04. The van der Waals surface area contributed by atoms with Crippen LogP contribution in [0.5, 0.6) is 0 Å². The molecular weight excluding hydrogens is 204 g/mol. The van der Waals surface area contributed by atoms with E-state index in [0.717, 1.165) is 38.2 Å². The highest BCUT2D eigenvalue weighted by Crippen LogP contribution is 2.04. The van der Waals surface area contributed by atoms with Crippen LogP contribution < -0.4 is 0 Å². The molecule has 0 aliphatic carbocycles. The van der Waals surface area contributed by atoms with Crippen LogP contribution in [-0.4, -0.2) is 60.1 Å². The average molecular weight is 226 g/mol. The summed E-state index contributed by atoms with van der Waals surface area (Å²) in [7, 11) is 0. The van der Waals surface area contributed by atoms with E-state index in [1.54, 1.807) is 6.08 Å². The Morgan fingerprint density at radius 2 is 2.00 bits per heavy atom. The van der Waals surface area contributed by atoms with E-state index in [1.807, 2.05) is 18.7 Å². The maximum absolute atomic E-state index is 11.8. The van der Waals surface area contributed by atoms with Crippen molar-refractivity contribution in [1.29, 1.82) is 0 Å². The number of aliphatic hydroxyl groups excluding tert-OH is 1. The van der Waals surface area contributed by atoms with E-state index in [9.17, 15) is 4.79 Å². The molecule has 0 aromatic rings. The largest absolute Gasteiger partial charge is 0.395 e. The average Bonchev–Trinajstić information content (AvgIpc) is 2.43. The zero-order chi connectivity index (χ0) is 12.0. The first kappa shape index (κ1) is 13.2. The molecule has 16 heavy (non-hydrogen) atoms. The van der Waals surface area contributed by atoms with Crippen LogP contribution in [-0.2, 0) is 4.79 Å². The van der Waals surface area contributed by atoms with Crippen LogP contribution in [0, 0.1) is 0 Å². The summed E-state index contributed by atoms with van der Waals surface area (Å²) in [6.45, 7) is 8.21. The quantitative estimate of drug-likeness (QED) is 0.712. The van der Waals surface area contributed by atoms with Crippen molar-refractivity contribution in [2.24, 2.45) is 0 Å². The summed E-state index contributed by atoms with van der Waals surface area (Å²) in [4.78, 5) is 15.9. The van der Waals surface area contributed by atoms with E-state index < -0.39 is 0 Å². The molecule has 1 amide bonds. The van der Waals surface area contributed by atoms with E-state index >= 15 is 0 Å². The molecule has 0 aromatic carbocycles. The molecule has 1 rings (SSSR count). The van der Waals surface area contributed by atoms with Gasteiger partial charge in [-0.25, -0.2) is 0 Å². The van der Waals surface area contributed by atoms with Crippen molar-refractivity contribution in [2.75, 3.05) is 39.3 Å². The molecule has 4 nitrogen and oxygen atoms in total. The number of rotatable bonds is 3. The number of carbonyl (C=O) groups is 1. The van der Waals surface area contributed by atoms with Crippen molar-refractivity contribution in [1.82, 2.24) is 9.80 Å². The third-order valence-corrected chi connectivity index (χ3v) is 2.73. The second-order valence-electron chi connectivity index (χ2n) is 4.47. The second kappa shape index (κ2) is 6.66. The predicted molar refractivity (Wildman–Crippen MR) is 64.2 cm³/mol. The number of carbonyl (C=O) groups excluding carboxylic acids is 1. The van der Waals surface area contributed by atoms with E-state index in [0.29, 0.717) is 6.54 Å². The molecule has 0 saturated carbocycles. The summed E-state index contributed by atoms with van der Waals surface area (Å²) in [6.07, 6.45) is 2.68. The summed E-state index contributed by atoms with van der Waals surface area (Å²) >= 11 is 0. The molecule has 1 aliphatic heterocycles. The van der Waals surface area contributed by atoms with Crippen LogP contribution in [0.15, 0.2) is 11.6 Å². The zero-order valence-corrected chi connectivity index (χ0v) is 10.3. The lowest BCUT2D eigenvalue weighted by atomic mass is 10.3. The molecule has 0 spiro atoms. The van der Waals surface area contributed by atoms with Gasteiger partial charge in [-0.1, -0.05) is 5.57 Å². The van der Waals surface area contributed by atoms with Crippen LogP contribution >= 0.6 is 0 Å². The lowest BCUT2D eigenvalue weighted by Crippen LogP contribution is -2.35. The monoisotopic (exact) mass is 226 g/mol. The van der Waals surface area contributed by atoms with Crippen LogP contribution in [0.1, 0.15) is 20.3 Å². The van der Waals surface area contributed by atoms with Gasteiger partial charge in [-0.2, -0.15) is 0 Å². The molecule has 0 bridgehead atoms. The lowest BCUT2D eigenvalue weighted by molar-refractivity contribution is -0.125. The third kappa shape index (κ3) is 4.33. The fraction of sp³-hybridized carbons (Fsp3) is 0.750. The van der Waals surface area contributed by atoms with Gasteiger partial charge in [-0.3, -0.25) is 9.69 Å². The Balaban J connectivity index is 2.46. The van der Waals surface area contributed by atoms with Crippen LogP contribution in [0.4, 0.5) is 0 Å². The van der Waals surface area contributed by atoms with Crippen molar-refractivity contribution in [2.45, 2.75) is 20.3 Å². The van der Waals surface area contributed by atoms with Crippen molar-refractivity contribution < 1.29 is 9.90 Å². The van der Waals surface area contributed by atoms with Crippen LogP contribution in [0.25, 0.3) is 0 Å². The predicted octanol–water partition coefficient (Wildman–Crippen LogP) is 0.479. The molecule has 4 heteroatoms. The third-order valence-electron chi connectivity index (χ3n) is 2.73. The molecule has 1 aliphatic rings. The zero-order valence-electron chi connectivity index (χ0n) is 10.3. The number of amides is 1. The maximum atomic E-state index is 11.8. The SMILES string of the molecule is CC(C)=CC(=O)N1CCCN(CCO)CC1. The fourth-order valence-corrected chi connectivity index (χ4v) is 1.89. The Bertz CT molecular complexity index is 260. The van der Waals surface area contributed by atoms with Crippen LogP contribution in [0.3, 0.4) is 0 Å². The lowest BCUT2D eigenvalue weighted by Gasteiger charge is -2.20. The van der Waals surface area contributed by atoms with Gasteiger partial charge in [0.1, 0.15) is 0 Å². The molecule has 1 saturated heterocycles. The minimum absolute atomic E-state index is 0.117. The van der Waals surface area contributed by atoms with Gasteiger partial charge in [0, 0.05) is 32.3 Å². The first-order chi connectivity index (χ1) is 7.63. The Labute approximate surface area is 97.5 Å². The van der Waals surface area contributed by atoms with Crippen molar-refractivity contribution in [3.63, 3.8) is 0 Å². The van der Waals surface area contributed by atoms with Crippen LogP contribution in [0.2, 0.25) is 0 Å². The highest BCUT2D eigenvalue weighted by Gasteiger charge is 2.16. The first-order valence-corrected chi connectivity index (χ1v) is 5.90. The topological polar surface area (TPSA) is 43.8 Å². The smallest absolute Gasteiger partial charge is 0.246 e. The Morgan fingerprint density at radius 1 is 1.25 bits per heavy atom. The minimum Gasteiger partial charge on any atom is -0.395 e. The van der Waals surface area contributed by atoms with E-state index in [1.165, 1.54) is 0 Å². The molecule has 92 valence electrons. The van der Waals surface area contributed by atoms with Gasteiger partial charge in [-0.05, 0) is 26.8 Å². The van der Waals surface area contributed by atoms with Gasteiger partial charge in [0.15, 0.2) is 0 Å². The molecule has 0 atom stereocenters. The second-order valence-corrected chi connectivity index (χ2v) is 4.47. The Kier molecular flexibility index (Phi) is 5.49. The van der Waals surface area contributed by atoms with Crippen molar-refractivity contribution >= 4 is 5.91 Å². The number of hydrogen-bond donors (Lipinski definition) is 1. The van der Waals surface area contributed by atoms with E-state index in [-0.39, 0.29) is 12.5 Å². The van der Waals surface area contributed by atoms with Gasteiger partial charge in [-0.15, -0.1) is 0 Å². The van der Waals surface area contributed by atoms with Gasteiger partial charge in [0.05, 0.1) is 6.61 Å². The van der Waals surface area contributed by atoms with Gasteiger partial charge < -0.3 is 10.0 Å². The first-order valence-electron chi connectivity index (χ1n) is 5.90. The number of nitrogens with zero attached hydrogens (tertiary/aromatic N) is 2. The molecule has 0 unspecified atom stereocenters. The number of β-amino-alcohol motifs (C(OH)–C–C–N with tert-alkyl or cyclic N) is 1. The minimum atomic E-state index is 0.117. The van der Waals surface area contributed by atoms with E-state index in [4.69, 9.17) is 5.11 Å². The Morgan fingerprint density at radius 3 is 2.62 bits per heavy atom. The van der Waals surface area contributed by atoms with Crippen molar-refractivity contribution in [3.8, 4) is 0 Å². The van der Waals surface area contributed by atoms with E-state index in [2.05, 4.69) is 4.90 Å². The highest BCUT2D eigenvalue weighted by atomic mass is 16.3.